The van der Waals surface area contributed by atoms with E-state index < -0.39 is 0 Å². The molecule has 0 spiro atoms. The van der Waals surface area contributed by atoms with E-state index in [1.807, 2.05) is 42.0 Å². The maximum Gasteiger partial charge on any atom is 0.243 e. The quantitative estimate of drug-likeness (QED) is 0.316. The molecule has 5 nitrogen and oxygen atoms in total. The smallest absolute Gasteiger partial charge is 0.240 e. The summed E-state index contributed by atoms with van der Waals surface area (Å²) < 4.78 is 4.00. The lowest BCUT2D eigenvalue weighted by atomic mass is 10.9. The lowest BCUT2D eigenvalue weighted by Gasteiger charge is -1.72. The van der Waals surface area contributed by atoms with Crippen molar-refractivity contribution in [3.05, 3.63) is 18.7 Å². The molecule has 0 atom stereocenters. The molecule has 0 saturated heterocycles. The number of aromatic nitrogens is 2. The minimum atomic E-state index is 1.41. The molecule has 62 valence electrons. The van der Waals surface area contributed by atoms with E-state index in [0.717, 1.165) is 0 Å². The van der Waals surface area contributed by atoms with Gasteiger partial charge in [0.15, 0.2) is 12.4 Å². The molecule has 5 heteroatoms. The fourth-order valence-electron chi connectivity index (χ4n) is 0.600. The van der Waals surface area contributed by atoms with Crippen LogP contribution in [0.3, 0.4) is 0 Å². The van der Waals surface area contributed by atoms with E-state index >= 15 is 0 Å². The van der Waals surface area contributed by atoms with Gasteiger partial charge in [-0.05, 0) is 0 Å². The van der Waals surface area contributed by atoms with Gasteiger partial charge in [-0.15, -0.1) is 0 Å². The monoisotopic (exact) mass is 164 g/mol. The van der Waals surface area contributed by atoms with E-state index in [4.69, 9.17) is 10.5 Å². The van der Waals surface area contributed by atoms with Gasteiger partial charge in [-0.1, -0.05) is 0 Å². The first-order chi connectivity index (χ1) is 5.70. The summed E-state index contributed by atoms with van der Waals surface area (Å²) in [7, 11) is 4.00. The van der Waals surface area contributed by atoms with E-state index in [9.17, 15) is 0 Å². The molecule has 1 aromatic rings. The zero-order valence-electron chi connectivity index (χ0n) is 7.02. The maximum absolute atomic E-state index is 7.48. The number of nitrogens with zero attached hydrogens (tertiary/aromatic N) is 4. The van der Waals surface area contributed by atoms with Crippen molar-refractivity contribution in [2.45, 2.75) is 0 Å². The van der Waals surface area contributed by atoms with E-state index in [0.29, 0.717) is 0 Å². The molecule has 0 fully saturated rings. The topological polar surface area (TPSA) is 68.4 Å². The predicted octanol–water partition coefficient (Wildman–Crippen LogP) is -0.612. The average Bonchev–Trinajstić information content (AvgIpc) is 2.38. The van der Waals surface area contributed by atoms with Crippen molar-refractivity contribution < 1.29 is 4.57 Å². The first-order valence-corrected chi connectivity index (χ1v) is 3.21. The number of rotatable bonds is 0. The van der Waals surface area contributed by atoms with Crippen molar-refractivity contribution in [3.63, 3.8) is 0 Å². The molecule has 0 radical (unpaired) electrons. The number of nitriles is 2. The molecule has 0 unspecified atom stereocenters. The molecule has 0 saturated carbocycles. The van der Waals surface area contributed by atoms with Gasteiger partial charge < -0.3 is 0 Å². The number of aryl methyl sites for hydroxylation is 2. The minimum absolute atomic E-state index is 1.41. The molecule has 0 amide bonds. The lowest BCUT2D eigenvalue weighted by molar-refractivity contribution is -0.670. The Morgan fingerprint density at radius 3 is 2.08 bits per heavy atom. The predicted molar refractivity (Wildman–Crippen MR) is 41.0 cm³/mol. The van der Waals surface area contributed by atoms with Crippen LogP contribution in [0, 0.1) is 22.9 Å². The van der Waals surface area contributed by atoms with E-state index in [2.05, 4.69) is 0 Å². The number of hydrogen-bond acceptors (Lipinski definition) is 3. The number of hydrogen-bond donors (Lipinski definition) is 1. The molecule has 0 bridgehead atoms. The molecule has 1 rings (SSSR count). The molecule has 0 aliphatic carbocycles. The van der Waals surface area contributed by atoms with E-state index in [-0.39, 0.29) is 0 Å². The Kier molecular flexibility index (Phi) is 4.79. The van der Waals surface area contributed by atoms with Crippen LogP contribution in [0.2, 0.25) is 0 Å². The van der Waals surface area contributed by atoms with Gasteiger partial charge in [0.05, 0.1) is 14.1 Å². The Morgan fingerprint density at radius 1 is 1.42 bits per heavy atom. The largest absolute Gasteiger partial charge is 0.243 e. The highest BCUT2D eigenvalue weighted by Gasteiger charge is 1.87. The second-order valence-corrected chi connectivity index (χ2v) is 2.09. The van der Waals surface area contributed by atoms with Gasteiger partial charge in [0.1, 0.15) is 12.4 Å². The van der Waals surface area contributed by atoms with Crippen LogP contribution in [0.15, 0.2) is 18.7 Å². The summed E-state index contributed by atoms with van der Waals surface area (Å²) in [5.41, 5.74) is 0. The van der Waals surface area contributed by atoms with E-state index in [1.165, 1.54) is 12.4 Å². The molecular formula is C7H10N5+. The van der Waals surface area contributed by atoms with E-state index in [1.54, 1.807) is 5.32 Å². The fourth-order valence-corrected chi connectivity index (χ4v) is 0.600. The summed E-state index contributed by atoms with van der Waals surface area (Å²) in [6.45, 7) is 0. The summed E-state index contributed by atoms with van der Waals surface area (Å²) in [4.78, 5) is 0. The van der Waals surface area contributed by atoms with Crippen LogP contribution in [-0.2, 0) is 14.1 Å². The molecule has 0 aliphatic rings. The number of imidazole rings is 1. The van der Waals surface area contributed by atoms with Crippen LogP contribution >= 0.6 is 0 Å². The van der Waals surface area contributed by atoms with Crippen molar-refractivity contribution >= 4 is 0 Å². The molecule has 1 heterocycles. The first-order valence-electron chi connectivity index (χ1n) is 3.21. The van der Waals surface area contributed by atoms with Gasteiger partial charge in [-0.2, -0.15) is 10.5 Å². The zero-order chi connectivity index (χ0) is 9.40. The zero-order valence-corrected chi connectivity index (χ0v) is 7.02. The van der Waals surface area contributed by atoms with Crippen molar-refractivity contribution in [2.75, 3.05) is 0 Å². The average molecular weight is 164 g/mol. The minimum Gasteiger partial charge on any atom is -0.240 e. The maximum atomic E-state index is 7.48. The molecular weight excluding hydrogens is 154 g/mol. The highest BCUT2D eigenvalue weighted by Crippen LogP contribution is 1.70. The fraction of sp³-hybridized carbons (Fsp3) is 0.286. The Balaban J connectivity index is 0.000000217. The molecule has 1 N–H and O–H groups in total. The van der Waals surface area contributed by atoms with Gasteiger partial charge in [0.25, 0.3) is 0 Å². The van der Waals surface area contributed by atoms with Gasteiger partial charge >= 0.3 is 0 Å². The van der Waals surface area contributed by atoms with Crippen molar-refractivity contribution in [1.29, 1.82) is 10.5 Å². The lowest BCUT2D eigenvalue weighted by Crippen LogP contribution is -2.23. The van der Waals surface area contributed by atoms with Crippen LogP contribution in [0.1, 0.15) is 0 Å². The molecule has 0 aliphatic heterocycles. The highest BCUT2D eigenvalue weighted by atomic mass is 15.1. The molecule has 1 aromatic heterocycles. The Hall–Kier alpha value is -2.01. The highest BCUT2D eigenvalue weighted by molar-refractivity contribution is 4.77. The van der Waals surface area contributed by atoms with Crippen LogP contribution in [0.25, 0.3) is 0 Å². The van der Waals surface area contributed by atoms with Gasteiger partial charge in [-0.25, -0.2) is 14.5 Å². The van der Waals surface area contributed by atoms with Crippen molar-refractivity contribution in [2.24, 2.45) is 14.1 Å². The summed E-state index contributed by atoms with van der Waals surface area (Å²) in [6.07, 6.45) is 8.81. The number of nitrogens with one attached hydrogen (secondary N) is 1. The summed E-state index contributed by atoms with van der Waals surface area (Å²) in [5, 5.41) is 16.7. The Bertz CT molecular complexity index is 272. The van der Waals surface area contributed by atoms with Gasteiger partial charge in [0.2, 0.25) is 6.33 Å². The SMILES string of the molecule is Cn1cc[n+](C)c1.N#CNC#N. The van der Waals surface area contributed by atoms with Crippen LogP contribution in [0.5, 0.6) is 0 Å². The summed E-state index contributed by atoms with van der Waals surface area (Å²) in [6, 6.07) is 0. The van der Waals surface area contributed by atoms with Crippen LogP contribution in [-0.4, -0.2) is 4.57 Å². The van der Waals surface area contributed by atoms with Crippen molar-refractivity contribution in [3.8, 4) is 12.4 Å². The molecule has 12 heavy (non-hydrogen) atoms. The second-order valence-electron chi connectivity index (χ2n) is 2.09. The molecule has 0 aromatic carbocycles. The van der Waals surface area contributed by atoms with Crippen molar-refractivity contribution in [1.82, 2.24) is 9.88 Å². The Labute approximate surface area is 71.1 Å². The normalized spacial score (nSPS) is 7.00. The first kappa shape index (κ1) is 9.99. The second kappa shape index (κ2) is 5.75. The van der Waals surface area contributed by atoms with Crippen LogP contribution in [0.4, 0.5) is 0 Å². The van der Waals surface area contributed by atoms with Gasteiger partial charge in [-0.3, -0.25) is 0 Å². The summed E-state index contributed by atoms with van der Waals surface area (Å²) >= 11 is 0. The van der Waals surface area contributed by atoms with Gasteiger partial charge in [0, 0.05) is 0 Å². The third-order valence-electron chi connectivity index (χ3n) is 1.01. The standard InChI is InChI=1S/C5H9N2.C2HN3/c1-6-3-4-7(2)5-6;3-1-5-2-4/h3-5H,1-2H3;5H/q+1;. The third-order valence-corrected chi connectivity index (χ3v) is 1.01. The summed E-state index contributed by atoms with van der Waals surface area (Å²) in [5.74, 6) is 0. The third kappa shape index (κ3) is 4.83. The van der Waals surface area contributed by atoms with Crippen LogP contribution < -0.4 is 9.88 Å². The Morgan fingerprint density at radius 2 is 2.00 bits per heavy atom.